The van der Waals surface area contributed by atoms with E-state index in [1.165, 1.54) is 18.2 Å². The monoisotopic (exact) mass is 340 g/mol. The number of benzene rings is 1. The first-order chi connectivity index (χ1) is 11.1. The van der Waals surface area contributed by atoms with Gasteiger partial charge in [0.05, 0.1) is 0 Å². The molecule has 0 unspecified atom stereocenters. The average Bonchev–Trinajstić information content (AvgIpc) is 2.43. The highest BCUT2D eigenvalue weighted by molar-refractivity contribution is 5.99. The summed E-state index contributed by atoms with van der Waals surface area (Å²) in [5, 5.41) is 14.6. The number of carbonyl (C=O) groups is 2. The SMILES string of the molecule is Cc1cc(NC(=O)C(F)(F)C2(O)CCC2)ccc1C(=O)NC(C)C. The molecule has 132 valence electrons. The zero-order valence-electron chi connectivity index (χ0n) is 14.0. The van der Waals surface area contributed by atoms with E-state index in [1.807, 2.05) is 13.8 Å². The molecule has 1 fully saturated rings. The smallest absolute Gasteiger partial charge is 0.352 e. The number of hydrogen-bond donors (Lipinski definition) is 3. The van der Waals surface area contributed by atoms with E-state index in [-0.39, 0.29) is 30.5 Å². The minimum absolute atomic E-state index is 0.0295. The van der Waals surface area contributed by atoms with Gasteiger partial charge in [0, 0.05) is 17.3 Å². The predicted molar refractivity (Wildman–Crippen MR) is 86.2 cm³/mol. The Hall–Kier alpha value is -2.02. The highest BCUT2D eigenvalue weighted by Gasteiger charge is 2.61. The van der Waals surface area contributed by atoms with Crippen LogP contribution in [0.1, 0.15) is 49.0 Å². The van der Waals surface area contributed by atoms with E-state index in [0.717, 1.165) is 0 Å². The Balaban J connectivity index is 2.12. The van der Waals surface area contributed by atoms with Crippen molar-refractivity contribution in [2.45, 2.75) is 57.6 Å². The number of rotatable bonds is 5. The minimum atomic E-state index is -3.85. The van der Waals surface area contributed by atoms with Crippen LogP contribution in [-0.2, 0) is 4.79 Å². The molecule has 0 aliphatic heterocycles. The second-order valence-corrected chi connectivity index (χ2v) is 6.57. The van der Waals surface area contributed by atoms with E-state index in [0.29, 0.717) is 17.5 Å². The zero-order valence-corrected chi connectivity index (χ0v) is 14.0. The molecule has 1 aliphatic rings. The zero-order chi connectivity index (χ0) is 18.1. The van der Waals surface area contributed by atoms with Crippen LogP contribution in [0, 0.1) is 6.92 Å². The number of anilines is 1. The van der Waals surface area contributed by atoms with Crippen molar-refractivity contribution in [1.82, 2.24) is 5.32 Å². The summed E-state index contributed by atoms with van der Waals surface area (Å²) in [4.78, 5) is 23.8. The summed E-state index contributed by atoms with van der Waals surface area (Å²) in [5.74, 6) is -5.66. The quantitative estimate of drug-likeness (QED) is 0.771. The largest absolute Gasteiger partial charge is 0.383 e. The van der Waals surface area contributed by atoms with Crippen LogP contribution >= 0.6 is 0 Å². The normalized spacial score (nSPS) is 16.5. The summed E-state index contributed by atoms with van der Waals surface area (Å²) in [7, 11) is 0. The maximum absolute atomic E-state index is 14.1. The highest BCUT2D eigenvalue weighted by atomic mass is 19.3. The summed E-state index contributed by atoms with van der Waals surface area (Å²) < 4.78 is 28.1. The molecular weight excluding hydrogens is 318 g/mol. The van der Waals surface area contributed by atoms with Crippen molar-refractivity contribution in [3.8, 4) is 0 Å². The Morgan fingerprint density at radius 2 is 1.92 bits per heavy atom. The van der Waals surface area contributed by atoms with E-state index in [1.54, 1.807) is 6.92 Å². The fourth-order valence-electron chi connectivity index (χ4n) is 2.58. The molecule has 0 spiro atoms. The summed E-state index contributed by atoms with van der Waals surface area (Å²) in [6.45, 7) is 5.31. The number of nitrogens with one attached hydrogen (secondary N) is 2. The van der Waals surface area contributed by atoms with Gasteiger partial charge in [-0.05, 0) is 63.8 Å². The standard InChI is InChI=1S/C17H22F2N2O3/c1-10(2)20-14(22)13-6-5-12(9-11(13)3)21-15(23)17(18,19)16(24)7-4-8-16/h5-6,9-10,24H,4,7-8H2,1-3H3,(H,20,22)(H,21,23). The molecule has 0 heterocycles. The van der Waals surface area contributed by atoms with Gasteiger partial charge in [-0.1, -0.05) is 0 Å². The first kappa shape index (κ1) is 18.3. The van der Waals surface area contributed by atoms with Crippen LogP contribution < -0.4 is 10.6 Å². The Labute approximate surface area is 139 Å². The molecule has 0 aromatic heterocycles. The number of amides is 2. The summed E-state index contributed by atoms with van der Waals surface area (Å²) >= 11 is 0. The summed E-state index contributed by atoms with van der Waals surface area (Å²) in [6.07, 6.45) is 0.277. The van der Waals surface area contributed by atoms with Crippen molar-refractivity contribution < 1.29 is 23.5 Å². The average molecular weight is 340 g/mol. The number of carbonyl (C=O) groups excluding carboxylic acids is 2. The molecule has 1 aliphatic carbocycles. The van der Waals surface area contributed by atoms with Crippen LogP contribution in [0.4, 0.5) is 14.5 Å². The second-order valence-electron chi connectivity index (χ2n) is 6.57. The molecular formula is C17H22F2N2O3. The maximum atomic E-state index is 14.1. The second kappa shape index (κ2) is 6.47. The molecule has 0 radical (unpaired) electrons. The third kappa shape index (κ3) is 3.40. The highest BCUT2D eigenvalue weighted by Crippen LogP contribution is 2.44. The maximum Gasteiger partial charge on any atom is 0.352 e. The van der Waals surface area contributed by atoms with Gasteiger partial charge in [-0.3, -0.25) is 9.59 Å². The van der Waals surface area contributed by atoms with Gasteiger partial charge in [-0.15, -0.1) is 0 Å². The van der Waals surface area contributed by atoms with Gasteiger partial charge in [-0.25, -0.2) is 0 Å². The Kier molecular flexibility index (Phi) is 4.94. The third-order valence-corrected chi connectivity index (χ3v) is 4.20. The van der Waals surface area contributed by atoms with Gasteiger partial charge in [0.1, 0.15) is 5.60 Å². The lowest BCUT2D eigenvalue weighted by molar-refractivity contribution is -0.212. The van der Waals surface area contributed by atoms with E-state index in [2.05, 4.69) is 10.6 Å². The van der Waals surface area contributed by atoms with E-state index >= 15 is 0 Å². The van der Waals surface area contributed by atoms with Crippen LogP contribution in [0.25, 0.3) is 0 Å². The van der Waals surface area contributed by atoms with Gasteiger partial charge in [0.2, 0.25) is 0 Å². The van der Waals surface area contributed by atoms with Crippen molar-refractivity contribution in [3.63, 3.8) is 0 Å². The summed E-state index contributed by atoms with van der Waals surface area (Å²) in [5.41, 5.74) is -1.15. The molecule has 2 rings (SSSR count). The molecule has 7 heteroatoms. The lowest BCUT2D eigenvalue weighted by Crippen LogP contribution is -2.59. The molecule has 1 aromatic carbocycles. The Morgan fingerprint density at radius 3 is 2.38 bits per heavy atom. The minimum Gasteiger partial charge on any atom is -0.383 e. The lowest BCUT2D eigenvalue weighted by Gasteiger charge is -2.41. The van der Waals surface area contributed by atoms with Crippen LogP contribution in [0.5, 0.6) is 0 Å². The van der Waals surface area contributed by atoms with Gasteiger partial charge in [0.25, 0.3) is 11.8 Å². The number of aryl methyl sites for hydroxylation is 1. The number of alkyl halides is 2. The van der Waals surface area contributed by atoms with Crippen LogP contribution in [0.3, 0.4) is 0 Å². The van der Waals surface area contributed by atoms with Crippen LogP contribution in [0.2, 0.25) is 0 Å². The number of aliphatic hydroxyl groups is 1. The van der Waals surface area contributed by atoms with Crippen LogP contribution in [0.15, 0.2) is 18.2 Å². The fraction of sp³-hybridized carbons (Fsp3) is 0.529. The number of hydrogen-bond acceptors (Lipinski definition) is 3. The first-order valence-electron chi connectivity index (χ1n) is 7.90. The van der Waals surface area contributed by atoms with Crippen molar-refractivity contribution in [2.24, 2.45) is 0 Å². The molecule has 24 heavy (non-hydrogen) atoms. The molecule has 0 saturated heterocycles. The van der Waals surface area contributed by atoms with Crippen molar-refractivity contribution in [2.75, 3.05) is 5.32 Å². The molecule has 5 nitrogen and oxygen atoms in total. The molecule has 2 amide bonds. The molecule has 0 bridgehead atoms. The first-order valence-corrected chi connectivity index (χ1v) is 7.90. The van der Waals surface area contributed by atoms with Gasteiger partial charge in [0.15, 0.2) is 0 Å². The van der Waals surface area contributed by atoms with Crippen LogP contribution in [-0.4, -0.2) is 34.5 Å². The molecule has 0 atom stereocenters. The molecule has 1 aromatic rings. The Bertz CT molecular complexity index is 655. The fourth-order valence-corrected chi connectivity index (χ4v) is 2.58. The third-order valence-electron chi connectivity index (χ3n) is 4.20. The Morgan fingerprint density at radius 1 is 1.29 bits per heavy atom. The van der Waals surface area contributed by atoms with Gasteiger partial charge >= 0.3 is 5.92 Å². The topological polar surface area (TPSA) is 78.4 Å². The van der Waals surface area contributed by atoms with Crippen molar-refractivity contribution in [1.29, 1.82) is 0 Å². The molecule has 3 N–H and O–H groups in total. The van der Waals surface area contributed by atoms with E-state index < -0.39 is 17.4 Å². The van der Waals surface area contributed by atoms with Crippen molar-refractivity contribution >= 4 is 17.5 Å². The molecule has 1 saturated carbocycles. The summed E-state index contributed by atoms with van der Waals surface area (Å²) in [6, 6.07) is 4.28. The predicted octanol–water partition coefficient (Wildman–Crippen LogP) is 2.62. The van der Waals surface area contributed by atoms with E-state index in [9.17, 15) is 23.5 Å². The number of halogens is 2. The van der Waals surface area contributed by atoms with Gasteiger partial charge in [-0.2, -0.15) is 8.78 Å². The lowest BCUT2D eigenvalue weighted by atomic mass is 9.75. The van der Waals surface area contributed by atoms with Gasteiger partial charge < -0.3 is 15.7 Å². The van der Waals surface area contributed by atoms with Crippen molar-refractivity contribution in [3.05, 3.63) is 29.3 Å². The van der Waals surface area contributed by atoms with E-state index in [4.69, 9.17) is 0 Å².